The lowest BCUT2D eigenvalue weighted by Gasteiger charge is -2.10. The van der Waals surface area contributed by atoms with Crippen molar-refractivity contribution in [1.29, 1.82) is 0 Å². The molecule has 0 saturated carbocycles. The molecule has 1 heterocycles. The van der Waals surface area contributed by atoms with E-state index in [4.69, 9.17) is 22.1 Å². The predicted octanol–water partition coefficient (Wildman–Crippen LogP) is 3.59. The van der Waals surface area contributed by atoms with Crippen molar-refractivity contribution in [2.75, 3.05) is 12.3 Å². The Morgan fingerprint density at radius 3 is 3.00 bits per heavy atom. The second-order valence-electron chi connectivity index (χ2n) is 5.27. The molecule has 0 amide bonds. The Balaban J connectivity index is 1.94. The van der Waals surface area contributed by atoms with Gasteiger partial charge in [0.1, 0.15) is 5.75 Å². The summed E-state index contributed by atoms with van der Waals surface area (Å²) in [5, 5.41) is 0.645. The van der Waals surface area contributed by atoms with E-state index in [2.05, 4.69) is 0 Å². The van der Waals surface area contributed by atoms with Gasteiger partial charge in [0.05, 0.1) is 6.61 Å². The van der Waals surface area contributed by atoms with Gasteiger partial charge in [0.15, 0.2) is 5.78 Å². The Labute approximate surface area is 128 Å². The van der Waals surface area contributed by atoms with E-state index in [0.29, 0.717) is 22.9 Å². The van der Waals surface area contributed by atoms with E-state index < -0.39 is 0 Å². The summed E-state index contributed by atoms with van der Waals surface area (Å²) in [5.41, 5.74) is 9.90. The first-order valence-corrected chi connectivity index (χ1v) is 7.26. The second kappa shape index (κ2) is 5.41. The molecule has 108 valence electrons. The summed E-state index contributed by atoms with van der Waals surface area (Å²) < 4.78 is 5.64. The van der Waals surface area contributed by atoms with Crippen LogP contribution in [0.3, 0.4) is 0 Å². The molecule has 3 nitrogen and oxygen atoms in total. The van der Waals surface area contributed by atoms with Crippen LogP contribution in [0.4, 0.5) is 5.69 Å². The summed E-state index contributed by atoms with van der Waals surface area (Å²) in [4.78, 5) is 12.5. The van der Waals surface area contributed by atoms with E-state index in [-0.39, 0.29) is 12.2 Å². The Hall–Kier alpha value is -2.00. The van der Waals surface area contributed by atoms with Crippen LogP contribution in [0.1, 0.15) is 27.0 Å². The molecule has 0 bridgehead atoms. The fourth-order valence-electron chi connectivity index (χ4n) is 2.70. The number of nitrogens with two attached hydrogens (primary N) is 1. The van der Waals surface area contributed by atoms with Gasteiger partial charge in [0, 0.05) is 34.7 Å². The molecule has 21 heavy (non-hydrogen) atoms. The number of hydrogen-bond donors (Lipinski definition) is 1. The quantitative estimate of drug-likeness (QED) is 0.696. The minimum Gasteiger partial charge on any atom is -0.493 e. The van der Waals surface area contributed by atoms with Crippen LogP contribution >= 0.6 is 11.6 Å². The van der Waals surface area contributed by atoms with Gasteiger partial charge in [-0.25, -0.2) is 0 Å². The summed E-state index contributed by atoms with van der Waals surface area (Å²) in [7, 11) is 0. The highest BCUT2D eigenvalue weighted by molar-refractivity contribution is 6.30. The third kappa shape index (κ3) is 2.61. The number of Topliss-reactive ketones (excluding diaryl/α,β-unsaturated/α-hetero) is 1. The lowest BCUT2D eigenvalue weighted by molar-refractivity contribution is 0.0991. The Bertz CT molecular complexity index is 725. The molecular formula is C17H16ClNO2. The molecule has 1 aliphatic rings. The number of halogens is 1. The molecule has 0 aromatic heterocycles. The highest BCUT2D eigenvalue weighted by Gasteiger charge is 2.20. The van der Waals surface area contributed by atoms with E-state index in [1.54, 1.807) is 18.2 Å². The zero-order valence-electron chi connectivity index (χ0n) is 11.8. The van der Waals surface area contributed by atoms with Crippen LogP contribution in [0.2, 0.25) is 5.02 Å². The molecule has 0 atom stereocenters. The van der Waals surface area contributed by atoms with E-state index >= 15 is 0 Å². The normalized spacial score (nSPS) is 12.9. The van der Waals surface area contributed by atoms with Crippen LogP contribution < -0.4 is 10.5 Å². The number of ketones is 1. The van der Waals surface area contributed by atoms with Gasteiger partial charge in [-0.2, -0.15) is 0 Å². The summed E-state index contributed by atoms with van der Waals surface area (Å²) in [6.45, 7) is 2.51. The zero-order valence-corrected chi connectivity index (χ0v) is 12.5. The van der Waals surface area contributed by atoms with Gasteiger partial charge in [-0.05, 0) is 36.2 Å². The van der Waals surface area contributed by atoms with Crippen molar-refractivity contribution < 1.29 is 9.53 Å². The summed E-state index contributed by atoms with van der Waals surface area (Å²) in [6.07, 6.45) is 1.11. The molecule has 2 aromatic rings. The second-order valence-corrected chi connectivity index (χ2v) is 5.71. The van der Waals surface area contributed by atoms with E-state index in [0.717, 1.165) is 28.9 Å². The maximum Gasteiger partial charge on any atom is 0.167 e. The predicted molar refractivity (Wildman–Crippen MR) is 84.3 cm³/mol. The molecular weight excluding hydrogens is 286 g/mol. The first-order valence-electron chi connectivity index (χ1n) is 6.88. The molecule has 2 N–H and O–H groups in total. The van der Waals surface area contributed by atoms with Gasteiger partial charge in [-0.3, -0.25) is 4.79 Å². The fraction of sp³-hybridized carbons (Fsp3) is 0.235. The van der Waals surface area contributed by atoms with Crippen LogP contribution in [0, 0.1) is 6.92 Å². The monoisotopic (exact) mass is 301 g/mol. The van der Waals surface area contributed by atoms with Crippen molar-refractivity contribution in [3.8, 4) is 5.75 Å². The Kier molecular flexibility index (Phi) is 3.60. The number of rotatable bonds is 3. The zero-order chi connectivity index (χ0) is 15.0. The number of hydrogen-bond acceptors (Lipinski definition) is 3. The highest BCUT2D eigenvalue weighted by atomic mass is 35.5. The lowest BCUT2D eigenvalue weighted by Crippen LogP contribution is -2.08. The largest absolute Gasteiger partial charge is 0.493 e. The van der Waals surface area contributed by atoms with Gasteiger partial charge in [0.25, 0.3) is 0 Å². The van der Waals surface area contributed by atoms with E-state index in [9.17, 15) is 4.79 Å². The maximum atomic E-state index is 12.5. The first-order chi connectivity index (χ1) is 10.1. The summed E-state index contributed by atoms with van der Waals surface area (Å²) >= 11 is 6.13. The van der Waals surface area contributed by atoms with Crippen molar-refractivity contribution in [3.05, 3.63) is 57.6 Å². The molecule has 0 unspecified atom stereocenters. The first kappa shape index (κ1) is 14.0. The average Bonchev–Trinajstić information content (AvgIpc) is 2.90. The van der Waals surface area contributed by atoms with Gasteiger partial charge in [0.2, 0.25) is 0 Å². The third-order valence-corrected chi connectivity index (χ3v) is 4.07. The van der Waals surface area contributed by atoms with Crippen LogP contribution in [-0.4, -0.2) is 12.4 Å². The minimum atomic E-state index is 0.0276. The Morgan fingerprint density at radius 1 is 1.38 bits per heavy atom. The van der Waals surface area contributed by atoms with E-state index in [1.807, 2.05) is 19.1 Å². The number of fused-ring (bicyclic) bond motifs is 1. The van der Waals surface area contributed by atoms with Crippen molar-refractivity contribution in [3.63, 3.8) is 0 Å². The highest BCUT2D eigenvalue weighted by Crippen LogP contribution is 2.33. The van der Waals surface area contributed by atoms with Gasteiger partial charge in [-0.1, -0.05) is 23.7 Å². The van der Waals surface area contributed by atoms with Crippen molar-refractivity contribution in [2.24, 2.45) is 0 Å². The standard InChI is InChI=1S/C17H16ClNO2/c1-10-14(3-2-4-15(10)19)16(20)9-12-8-13(18)7-11-5-6-21-17(11)12/h2-4,7-8H,5-6,9,19H2,1H3. The number of ether oxygens (including phenoxy) is 1. The number of nitrogen functional groups attached to an aromatic ring is 1. The molecule has 0 spiro atoms. The molecule has 0 aliphatic carbocycles. The van der Waals surface area contributed by atoms with Crippen LogP contribution in [0.5, 0.6) is 5.75 Å². The van der Waals surface area contributed by atoms with Gasteiger partial charge < -0.3 is 10.5 Å². The number of benzene rings is 2. The van der Waals surface area contributed by atoms with Crippen molar-refractivity contribution >= 4 is 23.1 Å². The van der Waals surface area contributed by atoms with Crippen molar-refractivity contribution in [1.82, 2.24) is 0 Å². The molecule has 1 aliphatic heterocycles. The van der Waals surface area contributed by atoms with Crippen molar-refractivity contribution in [2.45, 2.75) is 19.8 Å². The SMILES string of the molecule is Cc1c(N)cccc1C(=O)Cc1cc(Cl)cc2c1OCC2. The maximum absolute atomic E-state index is 12.5. The van der Waals surface area contributed by atoms with E-state index in [1.165, 1.54) is 0 Å². The number of carbonyl (C=O) groups excluding carboxylic acids is 1. The molecule has 2 aromatic carbocycles. The number of carbonyl (C=O) groups is 1. The summed E-state index contributed by atoms with van der Waals surface area (Å²) in [6, 6.07) is 9.12. The van der Waals surface area contributed by atoms with Gasteiger partial charge >= 0.3 is 0 Å². The molecule has 4 heteroatoms. The lowest BCUT2D eigenvalue weighted by atomic mass is 9.96. The smallest absolute Gasteiger partial charge is 0.167 e. The Morgan fingerprint density at radius 2 is 2.19 bits per heavy atom. The third-order valence-electron chi connectivity index (χ3n) is 3.85. The van der Waals surface area contributed by atoms with Crippen LogP contribution in [0.15, 0.2) is 30.3 Å². The molecule has 0 saturated heterocycles. The minimum absolute atomic E-state index is 0.0276. The molecule has 0 radical (unpaired) electrons. The summed E-state index contributed by atoms with van der Waals surface area (Å²) in [5.74, 6) is 0.842. The topological polar surface area (TPSA) is 52.3 Å². The van der Waals surface area contributed by atoms with Crippen LogP contribution in [0.25, 0.3) is 0 Å². The molecule has 0 fully saturated rings. The number of anilines is 1. The fourth-order valence-corrected chi connectivity index (χ4v) is 2.96. The average molecular weight is 302 g/mol. The van der Waals surface area contributed by atoms with Gasteiger partial charge in [-0.15, -0.1) is 0 Å². The molecule has 3 rings (SSSR count). The van der Waals surface area contributed by atoms with Crippen LogP contribution in [-0.2, 0) is 12.8 Å².